The maximum atomic E-state index is 13.5. The lowest BCUT2D eigenvalue weighted by molar-refractivity contribution is 0.0730. The molecule has 0 saturated heterocycles. The maximum absolute atomic E-state index is 13.5. The summed E-state index contributed by atoms with van der Waals surface area (Å²) >= 11 is 0. The van der Waals surface area contributed by atoms with Gasteiger partial charge in [-0.3, -0.25) is 4.79 Å². The van der Waals surface area contributed by atoms with Gasteiger partial charge in [0.2, 0.25) is 11.2 Å². The Morgan fingerprint density at radius 2 is 1.46 bits per heavy atom. The normalized spacial score (nSPS) is 10.7. The van der Waals surface area contributed by atoms with Crippen LogP contribution in [0, 0.1) is 6.92 Å². The zero-order valence-corrected chi connectivity index (χ0v) is 20.0. The van der Waals surface area contributed by atoms with Crippen LogP contribution in [0.4, 0.5) is 0 Å². The summed E-state index contributed by atoms with van der Waals surface area (Å²) in [6.07, 6.45) is 0. The molecule has 0 bridgehead atoms. The van der Waals surface area contributed by atoms with Gasteiger partial charge < -0.3 is 28.1 Å². The summed E-state index contributed by atoms with van der Waals surface area (Å²) < 4.78 is 32.9. The monoisotopic (exact) mass is 476 g/mol. The summed E-state index contributed by atoms with van der Waals surface area (Å²) in [5.41, 5.74) is 1.39. The van der Waals surface area contributed by atoms with E-state index in [0.717, 1.165) is 5.56 Å². The van der Waals surface area contributed by atoms with Crippen molar-refractivity contribution in [3.8, 4) is 40.1 Å². The van der Waals surface area contributed by atoms with Gasteiger partial charge in [-0.2, -0.15) is 0 Å². The molecule has 0 unspecified atom stereocenters. The van der Waals surface area contributed by atoms with Gasteiger partial charge in [0.05, 0.1) is 39.4 Å². The molecule has 180 valence electrons. The lowest BCUT2D eigenvalue weighted by Gasteiger charge is -2.13. The molecule has 3 aromatic carbocycles. The summed E-state index contributed by atoms with van der Waals surface area (Å²) in [4.78, 5) is 26.6. The predicted molar refractivity (Wildman–Crippen MR) is 130 cm³/mol. The summed E-state index contributed by atoms with van der Waals surface area (Å²) in [6, 6.07) is 14.8. The zero-order valence-electron chi connectivity index (χ0n) is 20.0. The average molecular weight is 476 g/mol. The molecule has 8 nitrogen and oxygen atoms in total. The Morgan fingerprint density at radius 1 is 0.771 bits per heavy atom. The van der Waals surface area contributed by atoms with Crippen LogP contribution < -0.4 is 29.1 Å². The fraction of sp³-hybridized carbons (Fsp3) is 0.185. The van der Waals surface area contributed by atoms with Crippen molar-refractivity contribution in [1.29, 1.82) is 0 Å². The first-order valence-electron chi connectivity index (χ1n) is 10.6. The highest BCUT2D eigenvalue weighted by Crippen LogP contribution is 2.37. The van der Waals surface area contributed by atoms with Crippen LogP contribution in [-0.4, -0.2) is 34.4 Å². The van der Waals surface area contributed by atoms with E-state index < -0.39 is 11.4 Å². The van der Waals surface area contributed by atoms with Crippen molar-refractivity contribution in [2.45, 2.75) is 6.92 Å². The zero-order chi connectivity index (χ0) is 25.1. The Balaban J connectivity index is 1.90. The van der Waals surface area contributed by atoms with Crippen molar-refractivity contribution in [2.24, 2.45) is 0 Å². The first-order valence-corrected chi connectivity index (χ1v) is 10.6. The SMILES string of the molecule is COc1cc(OC)cc(C(=O)Oc2c(-c3ccc(OC)c(OC)c3)oc3cc(C)ccc3c2=O)c1. The lowest BCUT2D eigenvalue weighted by atomic mass is 10.1. The number of carbonyl (C=O) groups excluding carboxylic acids is 1. The van der Waals surface area contributed by atoms with Gasteiger partial charge >= 0.3 is 5.97 Å². The maximum Gasteiger partial charge on any atom is 0.344 e. The van der Waals surface area contributed by atoms with Crippen LogP contribution in [0.5, 0.6) is 28.7 Å². The van der Waals surface area contributed by atoms with E-state index in [0.29, 0.717) is 34.1 Å². The van der Waals surface area contributed by atoms with E-state index in [-0.39, 0.29) is 22.5 Å². The quantitative estimate of drug-likeness (QED) is 0.343. The van der Waals surface area contributed by atoms with Crippen LogP contribution in [0.25, 0.3) is 22.3 Å². The van der Waals surface area contributed by atoms with Crippen LogP contribution in [0.15, 0.2) is 63.8 Å². The van der Waals surface area contributed by atoms with Gasteiger partial charge in [0.25, 0.3) is 0 Å². The summed E-state index contributed by atoms with van der Waals surface area (Å²) in [5, 5.41) is 0.283. The first-order chi connectivity index (χ1) is 16.9. The minimum atomic E-state index is -0.775. The van der Waals surface area contributed by atoms with Gasteiger partial charge in [-0.25, -0.2) is 4.79 Å². The van der Waals surface area contributed by atoms with E-state index in [2.05, 4.69) is 0 Å². The molecule has 0 aliphatic carbocycles. The molecule has 4 aromatic rings. The molecule has 0 spiro atoms. The Labute approximate surface area is 201 Å². The van der Waals surface area contributed by atoms with Crippen molar-refractivity contribution in [3.63, 3.8) is 0 Å². The van der Waals surface area contributed by atoms with Gasteiger partial charge in [-0.05, 0) is 55.0 Å². The van der Waals surface area contributed by atoms with Gasteiger partial charge in [0, 0.05) is 11.6 Å². The Morgan fingerprint density at radius 3 is 2.09 bits per heavy atom. The van der Waals surface area contributed by atoms with Crippen molar-refractivity contribution < 1.29 is 32.9 Å². The van der Waals surface area contributed by atoms with Crippen LogP contribution in [-0.2, 0) is 0 Å². The molecule has 0 aliphatic heterocycles. The number of benzene rings is 3. The first kappa shape index (κ1) is 23.7. The minimum absolute atomic E-state index is 0.0808. The Hall–Kier alpha value is -4.46. The van der Waals surface area contributed by atoms with Crippen molar-refractivity contribution in [3.05, 3.63) is 75.9 Å². The second kappa shape index (κ2) is 9.80. The average Bonchev–Trinajstić information content (AvgIpc) is 2.88. The number of rotatable bonds is 7. The number of methoxy groups -OCH3 is 4. The van der Waals surface area contributed by atoms with Crippen LogP contribution in [0.1, 0.15) is 15.9 Å². The molecule has 8 heteroatoms. The molecule has 1 aromatic heterocycles. The summed E-state index contributed by atoms with van der Waals surface area (Å²) in [6.45, 7) is 1.89. The second-order valence-corrected chi connectivity index (χ2v) is 7.65. The van der Waals surface area contributed by atoms with Gasteiger partial charge in [-0.1, -0.05) is 6.07 Å². The molecule has 1 heterocycles. The highest BCUT2D eigenvalue weighted by atomic mass is 16.5. The van der Waals surface area contributed by atoms with E-state index in [1.54, 1.807) is 42.5 Å². The van der Waals surface area contributed by atoms with Gasteiger partial charge in [0.15, 0.2) is 17.3 Å². The number of ether oxygens (including phenoxy) is 5. The van der Waals surface area contributed by atoms with Crippen LogP contribution in [0.3, 0.4) is 0 Å². The third-order valence-corrected chi connectivity index (χ3v) is 5.43. The summed E-state index contributed by atoms with van der Waals surface area (Å²) in [5.74, 6) is 0.777. The van der Waals surface area contributed by atoms with E-state index in [1.807, 2.05) is 6.92 Å². The topological polar surface area (TPSA) is 93.4 Å². The molecular weight excluding hydrogens is 452 g/mol. The van der Waals surface area contributed by atoms with Crippen molar-refractivity contribution >= 4 is 16.9 Å². The third-order valence-electron chi connectivity index (χ3n) is 5.43. The number of hydrogen-bond acceptors (Lipinski definition) is 8. The standard InChI is InChI=1S/C27H24O8/c1-15-6-8-20-22(10-15)34-25(16-7-9-21(32-4)23(13-16)33-5)26(24(20)28)35-27(29)17-11-18(30-2)14-19(12-17)31-3/h6-14H,1-5H3. The third kappa shape index (κ3) is 4.63. The highest BCUT2D eigenvalue weighted by molar-refractivity contribution is 5.94. The molecule has 0 saturated carbocycles. The molecule has 0 atom stereocenters. The second-order valence-electron chi connectivity index (χ2n) is 7.65. The van der Waals surface area contributed by atoms with E-state index in [4.69, 9.17) is 28.1 Å². The Bertz CT molecular complexity index is 1450. The number of aryl methyl sites for hydroxylation is 1. The lowest BCUT2D eigenvalue weighted by Crippen LogP contribution is -2.16. The van der Waals surface area contributed by atoms with Crippen molar-refractivity contribution in [1.82, 2.24) is 0 Å². The van der Waals surface area contributed by atoms with Crippen LogP contribution in [0.2, 0.25) is 0 Å². The molecule has 35 heavy (non-hydrogen) atoms. The number of esters is 1. The number of hydrogen-bond donors (Lipinski definition) is 0. The molecular formula is C27H24O8. The van der Waals surface area contributed by atoms with Crippen LogP contribution >= 0.6 is 0 Å². The molecule has 0 fully saturated rings. The largest absolute Gasteiger partial charge is 0.497 e. The minimum Gasteiger partial charge on any atom is -0.497 e. The highest BCUT2D eigenvalue weighted by Gasteiger charge is 2.23. The molecule has 4 rings (SSSR count). The molecule has 0 amide bonds. The van der Waals surface area contributed by atoms with Gasteiger partial charge in [-0.15, -0.1) is 0 Å². The van der Waals surface area contributed by atoms with E-state index in [1.165, 1.54) is 40.6 Å². The van der Waals surface area contributed by atoms with Crippen molar-refractivity contribution in [2.75, 3.05) is 28.4 Å². The number of carbonyl (C=O) groups is 1. The fourth-order valence-electron chi connectivity index (χ4n) is 3.62. The molecule has 0 aliphatic rings. The fourth-order valence-corrected chi connectivity index (χ4v) is 3.62. The van der Waals surface area contributed by atoms with Gasteiger partial charge in [0.1, 0.15) is 17.1 Å². The predicted octanol–water partition coefficient (Wildman–Crippen LogP) is 5.02. The smallest absolute Gasteiger partial charge is 0.344 e. The molecule has 0 radical (unpaired) electrons. The van der Waals surface area contributed by atoms with E-state index in [9.17, 15) is 9.59 Å². The summed E-state index contributed by atoms with van der Waals surface area (Å²) in [7, 11) is 5.96. The number of fused-ring (bicyclic) bond motifs is 1. The molecule has 0 N–H and O–H groups in total. The van der Waals surface area contributed by atoms with E-state index >= 15 is 0 Å². The Kier molecular flexibility index (Phi) is 6.64.